The van der Waals surface area contributed by atoms with Gasteiger partial charge in [0.15, 0.2) is 5.96 Å². The minimum Gasteiger partial charge on any atom is -0.357 e. The molecule has 2 aromatic rings. The van der Waals surface area contributed by atoms with E-state index in [1.165, 1.54) is 42.1 Å². The lowest BCUT2D eigenvalue weighted by molar-refractivity contribution is 0.331. The lowest BCUT2D eigenvalue weighted by Crippen LogP contribution is -2.36. The van der Waals surface area contributed by atoms with Crippen LogP contribution >= 0.6 is 11.3 Å². The molecule has 0 aliphatic carbocycles. The van der Waals surface area contributed by atoms with Gasteiger partial charge in [0.05, 0.1) is 23.8 Å². The summed E-state index contributed by atoms with van der Waals surface area (Å²) in [6.45, 7) is 10.00. The van der Waals surface area contributed by atoms with Crippen molar-refractivity contribution < 1.29 is 0 Å². The maximum atomic E-state index is 4.72. The highest BCUT2D eigenvalue weighted by atomic mass is 32.1. The molecule has 0 spiro atoms. The summed E-state index contributed by atoms with van der Waals surface area (Å²) >= 11 is 1.72. The number of nitrogens with one attached hydrogen (secondary N) is 2. The van der Waals surface area contributed by atoms with Gasteiger partial charge in [-0.05, 0) is 50.4 Å². The van der Waals surface area contributed by atoms with Gasteiger partial charge in [-0.25, -0.2) is 9.98 Å². The summed E-state index contributed by atoms with van der Waals surface area (Å²) in [5.41, 5.74) is 3.71. The number of thiazole rings is 1. The largest absolute Gasteiger partial charge is 0.357 e. The molecular weight excluding hydrogens is 354 g/mol. The van der Waals surface area contributed by atoms with Crippen molar-refractivity contribution in [1.82, 2.24) is 20.5 Å². The van der Waals surface area contributed by atoms with E-state index in [-0.39, 0.29) is 0 Å². The molecule has 1 saturated heterocycles. The van der Waals surface area contributed by atoms with Gasteiger partial charge >= 0.3 is 0 Å². The molecule has 2 heterocycles. The van der Waals surface area contributed by atoms with Crippen molar-refractivity contribution in [1.29, 1.82) is 0 Å². The zero-order valence-electron chi connectivity index (χ0n) is 16.5. The summed E-state index contributed by atoms with van der Waals surface area (Å²) < 4.78 is 0. The number of benzene rings is 1. The molecule has 1 aromatic heterocycles. The quantitative estimate of drug-likeness (QED) is 0.539. The van der Waals surface area contributed by atoms with Crippen molar-refractivity contribution in [3.05, 3.63) is 51.5 Å². The molecule has 0 amide bonds. The molecule has 3 rings (SSSR count). The first-order valence-electron chi connectivity index (χ1n) is 10.0. The van der Waals surface area contributed by atoms with Crippen molar-refractivity contribution in [2.75, 3.05) is 19.6 Å². The van der Waals surface area contributed by atoms with Crippen molar-refractivity contribution in [3.8, 4) is 0 Å². The van der Waals surface area contributed by atoms with Gasteiger partial charge in [0.2, 0.25) is 0 Å². The summed E-state index contributed by atoms with van der Waals surface area (Å²) in [5.74, 6) is 0.838. The summed E-state index contributed by atoms with van der Waals surface area (Å²) in [6.07, 6.45) is 3.67. The van der Waals surface area contributed by atoms with Gasteiger partial charge < -0.3 is 10.6 Å². The molecule has 27 heavy (non-hydrogen) atoms. The van der Waals surface area contributed by atoms with Crippen LogP contribution in [0.5, 0.6) is 0 Å². The molecule has 0 bridgehead atoms. The van der Waals surface area contributed by atoms with Crippen molar-refractivity contribution >= 4 is 17.3 Å². The molecule has 2 N–H and O–H groups in total. The number of nitrogens with zero attached hydrogens (tertiary/aromatic N) is 3. The van der Waals surface area contributed by atoms with Gasteiger partial charge in [0.25, 0.3) is 0 Å². The Hall–Kier alpha value is -1.92. The number of rotatable bonds is 8. The molecule has 1 aliphatic rings. The standard InChI is InChI=1S/C21H31N5S/c1-3-20-25-19(16-27-20)14-24-21(22-4-2)23-13-17-7-9-18(10-8-17)15-26-11-5-6-12-26/h7-10,16H,3-6,11-15H2,1-2H3,(H2,22,23,24). The third-order valence-electron chi connectivity index (χ3n) is 4.73. The highest BCUT2D eigenvalue weighted by Crippen LogP contribution is 2.14. The smallest absolute Gasteiger partial charge is 0.191 e. The SMILES string of the molecule is CCNC(=NCc1ccc(CN2CCCC2)cc1)NCc1csc(CC)n1. The lowest BCUT2D eigenvalue weighted by atomic mass is 10.1. The fourth-order valence-electron chi connectivity index (χ4n) is 3.23. The first-order chi connectivity index (χ1) is 13.3. The second kappa shape index (κ2) is 10.4. The number of hydrogen-bond donors (Lipinski definition) is 2. The van der Waals surface area contributed by atoms with Gasteiger partial charge in [-0.3, -0.25) is 4.90 Å². The van der Waals surface area contributed by atoms with E-state index >= 15 is 0 Å². The summed E-state index contributed by atoms with van der Waals surface area (Å²) in [4.78, 5) is 11.8. The minimum atomic E-state index is 0.677. The highest BCUT2D eigenvalue weighted by Gasteiger charge is 2.11. The Balaban J connectivity index is 1.52. The second-order valence-electron chi connectivity index (χ2n) is 6.93. The van der Waals surface area contributed by atoms with Crippen molar-refractivity contribution in [3.63, 3.8) is 0 Å². The van der Waals surface area contributed by atoms with E-state index in [2.05, 4.69) is 64.0 Å². The number of guanidine groups is 1. The van der Waals surface area contributed by atoms with E-state index in [0.717, 1.165) is 31.2 Å². The molecule has 1 aliphatic heterocycles. The fraction of sp³-hybridized carbons (Fsp3) is 0.524. The number of likely N-dealkylation sites (tertiary alicyclic amines) is 1. The Bertz CT molecular complexity index is 716. The Morgan fingerprint density at radius 1 is 1.11 bits per heavy atom. The molecule has 0 saturated carbocycles. The third-order valence-corrected chi connectivity index (χ3v) is 5.77. The van der Waals surface area contributed by atoms with Crippen LogP contribution in [0.15, 0.2) is 34.6 Å². The van der Waals surface area contributed by atoms with Crippen LogP contribution in [0.3, 0.4) is 0 Å². The van der Waals surface area contributed by atoms with Crippen LogP contribution in [0.1, 0.15) is 48.5 Å². The average Bonchev–Trinajstić information content (AvgIpc) is 3.37. The van der Waals surface area contributed by atoms with Crippen LogP contribution in [0.2, 0.25) is 0 Å². The monoisotopic (exact) mass is 385 g/mol. The van der Waals surface area contributed by atoms with Gasteiger partial charge in [0.1, 0.15) is 0 Å². The fourth-order valence-corrected chi connectivity index (χ4v) is 3.97. The predicted octanol–water partition coefficient (Wildman–Crippen LogP) is 3.56. The molecule has 1 aromatic carbocycles. The molecule has 6 heteroatoms. The maximum absolute atomic E-state index is 4.72. The Morgan fingerprint density at radius 2 is 1.85 bits per heavy atom. The summed E-state index contributed by atoms with van der Waals surface area (Å²) in [6, 6.07) is 8.88. The van der Waals surface area contributed by atoms with E-state index in [0.29, 0.717) is 13.1 Å². The van der Waals surface area contributed by atoms with Crippen molar-refractivity contribution in [2.24, 2.45) is 4.99 Å². The normalized spacial score (nSPS) is 15.3. The van der Waals surface area contributed by atoms with Gasteiger partial charge in [-0.2, -0.15) is 0 Å². The summed E-state index contributed by atoms with van der Waals surface area (Å²) in [5, 5.41) is 9.99. The molecule has 0 radical (unpaired) electrons. The lowest BCUT2D eigenvalue weighted by Gasteiger charge is -2.14. The van der Waals surface area contributed by atoms with Crippen molar-refractivity contribution in [2.45, 2.75) is 52.7 Å². The molecule has 1 fully saturated rings. The van der Waals surface area contributed by atoms with E-state index in [9.17, 15) is 0 Å². The topological polar surface area (TPSA) is 52.6 Å². The second-order valence-corrected chi connectivity index (χ2v) is 7.88. The zero-order valence-corrected chi connectivity index (χ0v) is 17.3. The first-order valence-corrected chi connectivity index (χ1v) is 10.9. The number of aliphatic imine (C=N–C) groups is 1. The molecule has 146 valence electrons. The maximum Gasteiger partial charge on any atom is 0.191 e. The van der Waals surface area contributed by atoms with E-state index < -0.39 is 0 Å². The van der Waals surface area contributed by atoms with Crippen LogP contribution < -0.4 is 10.6 Å². The number of aryl methyl sites for hydroxylation is 1. The van der Waals surface area contributed by atoms with Crippen LogP contribution in [-0.4, -0.2) is 35.5 Å². The van der Waals surface area contributed by atoms with E-state index in [1.807, 2.05) is 0 Å². The van der Waals surface area contributed by atoms with Crippen LogP contribution in [-0.2, 0) is 26.1 Å². The predicted molar refractivity (Wildman–Crippen MR) is 114 cm³/mol. The average molecular weight is 386 g/mol. The molecular formula is C21H31N5S. The van der Waals surface area contributed by atoms with Gasteiger partial charge in [-0.1, -0.05) is 31.2 Å². The Labute approximate surface area is 166 Å². The molecule has 0 atom stereocenters. The van der Waals surface area contributed by atoms with Gasteiger partial charge in [-0.15, -0.1) is 11.3 Å². The third kappa shape index (κ3) is 6.33. The minimum absolute atomic E-state index is 0.677. The Kier molecular flexibility index (Phi) is 7.66. The van der Waals surface area contributed by atoms with Gasteiger partial charge in [0, 0.05) is 18.5 Å². The molecule has 5 nitrogen and oxygen atoms in total. The zero-order chi connectivity index (χ0) is 18.9. The summed E-state index contributed by atoms with van der Waals surface area (Å²) in [7, 11) is 0. The number of aromatic nitrogens is 1. The van der Waals surface area contributed by atoms with Crippen LogP contribution in [0, 0.1) is 0 Å². The van der Waals surface area contributed by atoms with Crippen LogP contribution in [0.25, 0.3) is 0 Å². The van der Waals surface area contributed by atoms with Crippen LogP contribution in [0.4, 0.5) is 0 Å². The highest BCUT2D eigenvalue weighted by molar-refractivity contribution is 7.09. The van der Waals surface area contributed by atoms with E-state index in [4.69, 9.17) is 4.99 Å². The molecule has 0 unspecified atom stereocenters. The Morgan fingerprint density at radius 3 is 2.52 bits per heavy atom. The number of hydrogen-bond acceptors (Lipinski definition) is 4. The first kappa shape index (κ1) is 19.8. The van der Waals surface area contributed by atoms with E-state index in [1.54, 1.807) is 11.3 Å².